The summed E-state index contributed by atoms with van der Waals surface area (Å²) in [5, 5.41) is 2.64. The van der Waals surface area contributed by atoms with E-state index in [2.05, 4.69) is 19.2 Å². The maximum absolute atomic E-state index is 12.2. The molecule has 7 heteroatoms. The lowest BCUT2D eigenvalue weighted by atomic mass is 9.99. The summed E-state index contributed by atoms with van der Waals surface area (Å²) in [5.74, 6) is -2.00. The number of amides is 3. The number of benzene rings is 2. The van der Waals surface area contributed by atoms with Crippen LogP contribution in [-0.4, -0.2) is 41.7 Å². The van der Waals surface area contributed by atoms with Crippen molar-refractivity contribution in [2.24, 2.45) is 0 Å². The molecule has 0 aromatic heterocycles. The Morgan fingerprint density at radius 3 is 2.14 bits per heavy atom. The van der Waals surface area contributed by atoms with Crippen molar-refractivity contribution < 1.29 is 23.9 Å². The van der Waals surface area contributed by atoms with Gasteiger partial charge in [-0.25, -0.2) is 0 Å². The van der Waals surface area contributed by atoms with Crippen LogP contribution in [0.5, 0.6) is 0 Å². The lowest BCUT2D eigenvalue weighted by Crippen LogP contribution is -2.36. The van der Waals surface area contributed by atoms with Crippen LogP contribution in [-0.2, 0) is 14.3 Å². The second kappa shape index (κ2) is 8.68. The summed E-state index contributed by atoms with van der Waals surface area (Å²) in [5.41, 5.74) is 2.28. The van der Waals surface area contributed by atoms with Crippen LogP contribution in [0.1, 0.15) is 52.5 Å². The number of carbonyl (C=O) groups excluding carboxylic acids is 4. The summed E-state index contributed by atoms with van der Waals surface area (Å²) in [4.78, 5) is 49.3. The first-order valence-electron chi connectivity index (χ1n) is 9.41. The maximum Gasteiger partial charge on any atom is 0.326 e. The molecular formula is C22H22N2O5. The molecule has 3 amide bonds. The van der Waals surface area contributed by atoms with E-state index in [4.69, 9.17) is 4.74 Å². The molecule has 1 aliphatic rings. The number of esters is 1. The van der Waals surface area contributed by atoms with Crippen LogP contribution in [0.4, 0.5) is 5.69 Å². The number of nitrogens with zero attached hydrogens (tertiary/aromatic N) is 1. The Balaban J connectivity index is 1.49. The van der Waals surface area contributed by atoms with Gasteiger partial charge < -0.3 is 10.1 Å². The predicted octanol–water partition coefficient (Wildman–Crippen LogP) is 2.98. The van der Waals surface area contributed by atoms with E-state index in [1.54, 1.807) is 24.3 Å². The van der Waals surface area contributed by atoms with Crippen molar-refractivity contribution in [2.75, 3.05) is 18.5 Å². The van der Waals surface area contributed by atoms with Gasteiger partial charge in [-0.05, 0) is 42.2 Å². The lowest BCUT2D eigenvalue weighted by Gasteiger charge is -2.13. The Morgan fingerprint density at radius 2 is 1.59 bits per heavy atom. The molecule has 0 spiro atoms. The van der Waals surface area contributed by atoms with Gasteiger partial charge in [-0.1, -0.05) is 38.1 Å². The molecule has 1 aliphatic heterocycles. The molecule has 29 heavy (non-hydrogen) atoms. The SMILES string of the molecule is CC[C@@H](C)c1ccc(NC(=O)COC(=O)CN2C(=O)c3ccccc3C2=O)cc1. The molecule has 1 N–H and O–H groups in total. The van der Waals surface area contributed by atoms with E-state index in [1.807, 2.05) is 12.1 Å². The van der Waals surface area contributed by atoms with Gasteiger partial charge in [0.15, 0.2) is 6.61 Å². The van der Waals surface area contributed by atoms with Crippen LogP contribution < -0.4 is 5.32 Å². The van der Waals surface area contributed by atoms with Crippen LogP contribution >= 0.6 is 0 Å². The highest BCUT2D eigenvalue weighted by molar-refractivity contribution is 6.22. The van der Waals surface area contributed by atoms with Gasteiger partial charge >= 0.3 is 5.97 Å². The van der Waals surface area contributed by atoms with E-state index in [1.165, 1.54) is 17.7 Å². The maximum atomic E-state index is 12.2. The number of nitrogens with one attached hydrogen (secondary N) is 1. The van der Waals surface area contributed by atoms with Crippen LogP contribution in [0, 0.1) is 0 Å². The number of ether oxygens (including phenoxy) is 1. The van der Waals surface area contributed by atoms with Crippen molar-refractivity contribution in [2.45, 2.75) is 26.2 Å². The summed E-state index contributed by atoms with van der Waals surface area (Å²) in [6, 6.07) is 13.8. The van der Waals surface area contributed by atoms with E-state index in [-0.39, 0.29) is 11.1 Å². The fourth-order valence-corrected chi connectivity index (χ4v) is 3.03. The van der Waals surface area contributed by atoms with Gasteiger partial charge in [0.05, 0.1) is 11.1 Å². The van der Waals surface area contributed by atoms with E-state index in [0.29, 0.717) is 11.6 Å². The molecule has 7 nitrogen and oxygen atoms in total. The summed E-state index contributed by atoms with van der Waals surface area (Å²) in [7, 11) is 0. The minimum absolute atomic E-state index is 0.254. The summed E-state index contributed by atoms with van der Waals surface area (Å²) in [6.45, 7) is 3.19. The topological polar surface area (TPSA) is 92.8 Å². The highest BCUT2D eigenvalue weighted by Crippen LogP contribution is 2.22. The zero-order chi connectivity index (χ0) is 21.0. The Kier molecular flexibility index (Phi) is 6.07. The lowest BCUT2D eigenvalue weighted by molar-refractivity contribution is -0.147. The average molecular weight is 394 g/mol. The first kappa shape index (κ1) is 20.3. The average Bonchev–Trinajstić information content (AvgIpc) is 2.97. The van der Waals surface area contributed by atoms with Crippen LogP contribution in [0.15, 0.2) is 48.5 Å². The number of rotatable bonds is 7. The predicted molar refractivity (Wildman–Crippen MR) is 107 cm³/mol. The smallest absolute Gasteiger partial charge is 0.326 e. The number of carbonyl (C=O) groups is 4. The van der Waals surface area contributed by atoms with Crippen molar-refractivity contribution >= 4 is 29.4 Å². The van der Waals surface area contributed by atoms with Gasteiger partial charge in [0.1, 0.15) is 6.54 Å². The van der Waals surface area contributed by atoms with Crippen molar-refractivity contribution in [3.63, 3.8) is 0 Å². The molecule has 2 aromatic carbocycles. The van der Waals surface area contributed by atoms with Crippen molar-refractivity contribution in [3.05, 3.63) is 65.2 Å². The molecule has 150 valence electrons. The first-order chi connectivity index (χ1) is 13.9. The highest BCUT2D eigenvalue weighted by atomic mass is 16.5. The standard InChI is InChI=1S/C22H22N2O5/c1-3-14(2)15-8-10-16(11-9-15)23-19(25)13-29-20(26)12-24-21(27)17-6-4-5-7-18(17)22(24)28/h4-11,14H,3,12-13H2,1-2H3,(H,23,25)/t14-/m1/s1. The monoisotopic (exact) mass is 394 g/mol. The van der Waals surface area contributed by atoms with Gasteiger partial charge in [-0.3, -0.25) is 24.1 Å². The van der Waals surface area contributed by atoms with Crippen LogP contribution in [0.25, 0.3) is 0 Å². The molecular weight excluding hydrogens is 372 g/mol. The fraction of sp³-hybridized carbons (Fsp3) is 0.273. The van der Waals surface area contributed by atoms with Gasteiger partial charge in [-0.15, -0.1) is 0 Å². The third kappa shape index (κ3) is 4.51. The molecule has 0 unspecified atom stereocenters. The zero-order valence-corrected chi connectivity index (χ0v) is 16.3. The number of fused-ring (bicyclic) bond motifs is 1. The normalized spacial score (nSPS) is 13.8. The quantitative estimate of drug-likeness (QED) is 0.576. The largest absolute Gasteiger partial charge is 0.454 e. The number of hydrogen-bond acceptors (Lipinski definition) is 5. The second-order valence-electron chi connectivity index (χ2n) is 6.88. The molecule has 0 radical (unpaired) electrons. The van der Waals surface area contributed by atoms with Crippen LogP contribution in [0.2, 0.25) is 0 Å². The molecule has 0 aliphatic carbocycles. The third-order valence-electron chi connectivity index (χ3n) is 4.91. The highest BCUT2D eigenvalue weighted by Gasteiger charge is 2.36. The molecule has 0 saturated heterocycles. The van der Waals surface area contributed by atoms with Crippen molar-refractivity contribution in [3.8, 4) is 0 Å². The third-order valence-corrected chi connectivity index (χ3v) is 4.91. The summed E-state index contributed by atoms with van der Waals surface area (Å²) in [6.07, 6.45) is 1.02. The second-order valence-corrected chi connectivity index (χ2v) is 6.88. The van der Waals surface area contributed by atoms with E-state index < -0.39 is 36.8 Å². The first-order valence-corrected chi connectivity index (χ1v) is 9.41. The van der Waals surface area contributed by atoms with Gasteiger partial charge in [0, 0.05) is 5.69 Å². The van der Waals surface area contributed by atoms with Gasteiger partial charge in [0.25, 0.3) is 17.7 Å². The fourth-order valence-electron chi connectivity index (χ4n) is 3.03. The molecule has 1 atom stereocenters. The molecule has 3 rings (SSSR count). The summed E-state index contributed by atoms with van der Waals surface area (Å²) >= 11 is 0. The van der Waals surface area contributed by atoms with Gasteiger partial charge in [-0.2, -0.15) is 0 Å². The number of imide groups is 1. The number of hydrogen-bond donors (Lipinski definition) is 1. The zero-order valence-electron chi connectivity index (χ0n) is 16.3. The minimum atomic E-state index is -0.832. The Labute approximate surface area is 168 Å². The Hall–Kier alpha value is -3.48. The molecule has 0 bridgehead atoms. The van der Waals surface area contributed by atoms with Crippen LogP contribution in [0.3, 0.4) is 0 Å². The molecule has 0 saturated carbocycles. The molecule has 1 heterocycles. The molecule has 2 aromatic rings. The van der Waals surface area contributed by atoms with Gasteiger partial charge in [0.2, 0.25) is 0 Å². The Morgan fingerprint density at radius 1 is 1.00 bits per heavy atom. The van der Waals surface area contributed by atoms with E-state index in [9.17, 15) is 19.2 Å². The summed E-state index contributed by atoms with van der Waals surface area (Å²) < 4.78 is 4.92. The van der Waals surface area contributed by atoms with Crippen molar-refractivity contribution in [1.29, 1.82) is 0 Å². The minimum Gasteiger partial charge on any atom is -0.454 e. The Bertz CT molecular complexity index is 917. The molecule has 0 fully saturated rings. The number of anilines is 1. The van der Waals surface area contributed by atoms with Crippen molar-refractivity contribution in [1.82, 2.24) is 4.90 Å². The van der Waals surface area contributed by atoms with E-state index >= 15 is 0 Å². The van der Waals surface area contributed by atoms with E-state index in [0.717, 1.165) is 11.3 Å².